The lowest BCUT2D eigenvalue weighted by atomic mass is 10.1. The monoisotopic (exact) mass is 328 g/mol. The number of hydrogen-bond donors (Lipinski definition) is 1. The maximum absolute atomic E-state index is 12.8. The molecule has 0 fully saturated rings. The Hall–Kier alpha value is -1.98. The molecule has 3 rings (SSSR count). The van der Waals surface area contributed by atoms with Crippen LogP contribution in [0.3, 0.4) is 0 Å². The van der Waals surface area contributed by atoms with E-state index in [4.69, 9.17) is 0 Å². The maximum Gasteiger partial charge on any atom is 0.197 e. The molecule has 1 heterocycles. The predicted octanol–water partition coefficient (Wildman–Crippen LogP) is 3.38. The first-order valence-corrected chi connectivity index (χ1v) is 8.92. The van der Waals surface area contributed by atoms with Crippen molar-refractivity contribution < 1.29 is 4.21 Å². The van der Waals surface area contributed by atoms with Gasteiger partial charge in [0.05, 0.1) is 48.7 Å². The highest BCUT2D eigenvalue weighted by atomic mass is 32.2. The van der Waals surface area contributed by atoms with Gasteiger partial charge in [-0.25, -0.2) is 4.98 Å². The Morgan fingerprint density at radius 3 is 2.52 bits per heavy atom. The SMILES string of the molecule is Cc1cccc([N+](C)(C)C)c1CS(=O)c1nc2ccccc2[nH]1. The minimum absolute atomic E-state index is 0.470. The van der Waals surface area contributed by atoms with Crippen LogP contribution < -0.4 is 4.48 Å². The molecule has 3 aromatic rings. The van der Waals surface area contributed by atoms with E-state index >= 15 is 0 Å². The topological polar surface area (TPSA) is 45.8 Å². The summed E-state index contributed by atoms with van der Waals surface area (Å²) in [7, 11) is 5.18. The van der Waals surface area contributed by atoms with Gasteiger partial charge in [-0.2, -0.15) is 0 Å². The third-order valence-corrected chi connectivity index (χ3v) is 5.14. The van der Waals surface area contributed by atoms with Gasteiger partial charge in [-0.15, -0.1) is 0 Å². The van der Waals surface area contributed by atoms with Crippen molar-refractivity contribution in [3.05, 3.63) is 53.6 Å². The molecule has 4 nitrogen and oxygen atoms in total. The Morgan fingerprint density at radius 1 is 1.09 bits per heavy atom. The standard InChI is InChI=1S/C18H22N3OS/c1-13-8-7-11-17(21(2,3)4)14(13)12-23(22)18-19-15-9-5-6-10-16(15)20-18/h5-11H,12H2,1-4H3,(H,19,20)/q+1. The molecule has 0 bridgehead atoms. The molecule has 1 aromatic heterocycles. The van der Waals surface area contributed by atoms with Crippen molar-refractivity contribution in [1.29, 1.82) is 0 Å². The second-order valence-electron chi connectivity index (χ2n) is 6.63. The Kier molecular flexibility index (Phi) is 4.08. The number of para-hydroxylation sites is 2. The molecule has 120 valence electrons. The molecule has 0 saturated heterocycles. The summed E-state index contributed by atoms with van der Waals surface area (Å²) < 4.78 is 13.5. The lowest BCUT2D eigenvalue weighted by molar-refractivity contribution is 0.483. The van der Waals surface area contributed by atoms with E-state index in [1.54, 1.807) is 0 Å². The molecule has 5 heteroatoms. The Bertz CT molecular complexity index is 844. The zero-order chi connectivity index (χ0) is 16.6. The molecule has 0 aliphatic carbocycles. The van der Waals surface area contributed by atoms with Gasteiger partial charge in [0.15, 0.2) is 5.16 Å². The van der Waals surface area contributed by atoms with Crippen LogP contribution in [0.5, 0.6) is 0 Å². The summed E-state index contributed by atoms with van der Waals surface area (Å²) in [6.45, 7) is 2.07. The number of imidazole rings is 1. The van der Waals surface area contributed by atoms with Gasteiger partial charge in [0.2, 0.25) is 0 Å². The second-order valence-corrected chi connectivity index (χ2v) is 8.00. The summed E-state index contributed by atoms with van der Waals surface area (Å²) in [4.78, 5) is 7.65. The van der Waals surface area contributed by atoms with E-state index in [9.17, 15) is 4.21 Å². The van der Waals surface area contributed by atoms with Crippen molar-refractivity contribution in [2.45, 2.75) is 17.8 Å². The highest BCUT2D eigenvalue weighted by Crippen LogP contribution is 2.28. The third kappa shape index (κ3) is 3.21. The van der Waals surface area contributed by atoms with Crippen LogP contribution >= 0.6 is 0 Å². The van der Waals surface area contributed by atoms with E-state index in [-0.39, 0.29) is 0 Å². The van der Waals surface area contributed by atoms with Gasteiger partial charge in [0, 0.05) is 5.56 Å². The maximum atomic E-state index is 12.8. The van der Waals surface area contributed by atoms with Crippen molar-refractivity contribution in [2.24, 2.45) is 0 Å². The van der Waals surface area contributed by atoms with Crippen molar-refractivity contribution in [3.63, 3.8) is 0 Å². The van der Waals surface area contributed by atoms with Crippen molar-refractivity contribution >= 4 is 27.5 Å². The van der Waals surface area contributed by atoms with Gasteiger partial charge in [-0.1, -0.05) is 24.3 Å². The number of benzene rings is 2. The van der Waals surface area contributed by atoms with E-state index in [0.717, 1.165) is 16.6 Å². The van der Waals surface area contributed by atoms with Crippen LogP contribution in [0.4, 0.5) is 5.69 Å². The van der Waals surface area contributed by atoms with Crippen LogP contribution in [-0.4, -0.2) is 35.3 Å². The number of aryl methyl sites for hydroxylation is 1. The fourth-order valence-electron chi connectivity index (χ4n) is 2.74. The number of hydrogen-bond acceptors (Lipinski definition) is 2. The number of aromatic amines is 1. The van der Waals surface area contributed by atoms with Gasteiger partial charge in [-0.3, -0.25) is 8.69 Å². The Labute approximate surface area is 139 Å². The van der Waals surface area contributed by atoms with Gasteiger partial charge in [-0.05, 0) is 30.7 Å². The summed E-state index contributed by atoms with van der Waals surface area (Å²) in [6.07, 6.45) is 0. The smallest absolute Gasteiger partial charge is 0.197 e. The van der Waals surface area contributed by atoms with Gasteiger partial charge in [0.25, 0.3) is 0 Å². The summed E-state index contributed by atoms with van der Waals surface area (Å²) in [6, 6.07) is 14.0. The summed E-state index contributed by atoms with van der Waals surface area (Å²) in [5, 5.41) is 0.543. The number of rotatable bonds is 4. The summed E-state index contributed by atoms with van der Waals surface area (Å²) in [5.41, 5.74) is 5.27. The first kappa shape index (κ1) is 15.9. The molecule has 1 unspecified atom stereocenters. The van der Waals surface area contributed by atoms with E-state index in [2.05, 4.69) is 56.2 Å². The number of quaternary nitrogens is 1. The van der Waals surface area contributed by atoms with E-state index in [1.807, 2.05) is 24.3 Å². The van der Waals surface area contributed by atoms with Gasteiger partial charge < -0.3 is 4.98 Å². The molecule has 1 atom stereocenters. The fourth-order valence-corrected chi connectivity index (χ4v) is 3.94. The lowest BCUT2D eigenvalue weighted by Crippen LogP contribution is -2.36. The average Bonchev–Trinajstić information content (AvgIpc) is 2.92. The third-order valence-electron chi connectivity index (χ3n) is 3.97. The number of nitrogens with one attached hydrogen (secondary N) is 1. The van der Waals surface area contributed by atoms with E-state index in [1.165, 1.54) is 11.3 Å². The van der Waals surface area contributed by atoms with Crippen molar-refractivity contribution in [2.75, 3.05) is 21.1 Å². The Balaban J connectivity index is 1.97. The summed E-state index contributed by atoms with van der Waals surface area (Å²) >= 11 is 0. The van der Waals surface area contributed by atoms with E-state index < -0.39 is 10.8 Å². The van der Waals surface area contributed by atoms with Gasteiger partial charge >= 0.3 is 0 Å². The van der Waals surface area contributed by atoms with Crippen molar-refractivity contribution in [3.8, 4) is 0 Å². The lowest BCUT2D eigenvalue weighted by Gasteiger charge is -2.26. The molecule has 0 aliphatic heterocycles. The van der Waals surface area contributed by atoms with Crippen LogP contribution in [0, 0.1) is 6.92 Å². The predicted molar refractivity (Wildman–Crippen MR) is 97.0 cm³/mol. The summed E-state index contributed by atoms with van der Waals surface area (Å²) in [5.74, 6) is 0.470. The van der Waals surface area contributed by atoms with Crippen molar-refractivity contribution in [1.82, 2.24) is 14.5 Å². The zero-order valence-corrected chi connectivity index (χ0v) is 14.8. The average molecular weight is 328 g/mol. The molecule has 0 aliphatic rings. The van der Waals surface area contributed by atoms with Crippen LogP contribution in [0.25, 0.3) is 11.0 Å². The van der Waals surface area contributed by atoms with Crippen LogP contribution in [0.1, 0.15) is 11.1 Å². The Morgan fingerprint density at radius 2 is 1.83 bits per heavy atom. The highest BCUT2D eigenvalue weighted by Gasteiger charge is 2.22. The first-order chi connectivity index (χ1) is 10.9. The van der Waals surface area contributed by atoms with Crippen LogP contribution in [0.2, 0.25) is 0 Å². The molecule has 0 spiro atoms. The molecule has 0 amide bonds. The fraction of sp³-hybridized carbons (Fsp3) is 0.278. The molecular weight excluding hydrogens is 306 g/mol. The molecule has 0 saturated carbocycles. The van der Waals surface area contributed by atoms with Gasteiger partial charge in [0.1, 0.15) is 5.69 Å². The zero-order valence-electron chi connectivity index (χ0n) is 14.0. The first-order valence-electron chi connectivity index (χ1n) is 7.60. The van der Waals surface area contributed by atoms with Crippen LogP contribution in [-0.2, 0) is 16.6 Å². The molecule has 2 aromatic carbocycles. The number of nitrogens with zero attached hydrogens (tertiary/aromatic N) is 2. The minimum Gasteiger partial charge on any atom is -0.331 e. The van der Waals surface area contributed by atoms with Crippen LogP contribution in [0.15, 0.2) is 47.6 Å². The number of H-pyrrole nitrogens is 1. The normalized spacial score (nSPS) is 13.4. The molecule has 0 radical (unpaired) electrons. The quantitative estimate of drug-likeness (QED) is 0.746. The molecule has 1 N–H and O–H groups in total. The minimum atomic E-state index is -1.20. The molecule has 23 heavy (non-hydrogen) atoms. The number of fused-ring (bicyclic) bond motifs is 1. The highest BCUT2D eigenvalue weighted by molar-refractivity contribution is 7.84. The number of aromatic nitrogens is 2. The molecular formula is C18H22N3OS+. The van der Waals surface area contributed by atoms with E-state index in [0.29, 0.717) is 15.4 Å². The second kappa shape index (κ2) is 5.91. The largest absolute Gasteiger partial charge is 0.331 e.